The first-order chi connectivity index (χ1) is 13.9. The third kappa shape index (κ3) is 4.44. The summed E-state index contributed by atoms with van der Waals surface area (Å²) in [4.78, 5) is 13.2. The molecule has 144 valence electrons. The highest BCUT2D eigenvalue weighted by molar-refractivity contribution is 6.88. The Balaban J connectivity index is 1.64. The summed E-state index contributed by atoms with van der Waals surface area (Å²) in [5.41, 5.74) is 4.20. The van der Waals surface area contributed by atoms with E-state index < -0.39 is 8.07 Å². The predicted octanol–water partition coefficient (Wildman–Crippen LogP) is 6.07. The Labute approximate surface area is 177 Å². The zero-order valence-corrected chi connectivity index (χ0v) is 18.5. The first kappa shape index (κ1) is 19.5. The molecule has 0 aliphatic rings. The second kappa shape index (κ2) is 7.89. The first-order valence-corrected chi connectivity index (χ1v) is 13.5. The number of nitrogens with zero attached hydrogens (tertiary/aromatic N) is 3. The summed E-state index contributed by atoms with van der Waals surface area (Å²) >= 11 is 6.17. The fourth-order valence-electron chi connectivity index (χ4n) is 3.17. The highest BCUT2D eigenvalue weighted by Crippen LogP contribution is 2.25. The van der Waals surface area contributed by atoms with Crippen LogP contribution < -0.4 is 5.19 Å². The molecular formula is C24H22ClN3Si. The van der Waals surface area contributed by atoms with Crippen molar-refractivity contribution in [2.75, 3.05) is 0 Å². The molecule has 0 saturated carbocycles. The van der Waals surface area contributed by atoms with E-state index in [1.54, 1.807) is 0 Å². The molecule has 0 amide bonds. The Hall–Kier alpha value is -2.82. The smallest absolute Gasteiger partial charge is 0.208 e. The van der Waals surface area contributed by atoms with Gasteiger partial charge in [0, 0.05) is 11.1 Å². The second-order valence-corrected chi connectivity index (χ2v) is 13.4. The second-order valence-electron chi connectivity index (χ2n) is 8.02. The van der Waals surface area contributed by atoms with Crippen molar-refractivity contribution >= 4 is 24.9 Å². The molecular weight excluding hydrogens is 394 g/mol. The van der Waals surface area contributed by atoms with E-state index in [1.807, 2.05) is 42.5 Å². The van der Waals surface area contributed by atoms with Gasteiger partial charge in [0.05, 0.1) is 8.07 Å². The minimum absolute atomic E-state index is 0.194. The van der Waals surface area contributed by atoms with Gasteiger partial charge >= 0.3 is 0 Å². The zero-order valence-electron chi connectivity index (χ0n) is 16.7. The van der Waals surface area contributed by atoms with Crippen LogP contribution in [-0.4, -0.2) is 23.0 Å². The number of halogens is 1. The van der Waals surface area contributed by atoms with Crippen LogP contribution in [0.5, 0.6) is 0 Å². The molecule has 0 N–H and O–H groups in total. The average molecular weight is 416 g/mol. The summed E-state index contributed by atoms with van der Waals surface area (Å²) in [6.07, 6.45) is 0. The molecule has 4 rings (SSSR count). The van der Waals surface area contributed by atoms with Crippen molar-refractivity contribution in [2.24, 2.45) is 0 Å². The van der Waals surface area contributed by atoms with Crippen LogP contribution in [0.3, 0.4) is 0 Å². The van der Waals surface area contributed by atoms with E-state index in [0.29, 0.717) is 11.6 Å². The maximum absolute atomic E-state index is 6.17. The number of hydrogen-bond donors (Lipinski definition) is 0. The van der Waals surface area contributed by atoms with Crippen molar-refractivity contribution in [1.29, 1.82) is 0 Å². The van der Waals surface area contributed by atoms with E-state index in [2.05, 4.69) is 71.0 Å². The molecule has 0 atom stereocenters. The standard InChI is InChI=1S/C24H22ClN3Si/c1-29(2,3)21-15-13-18(14-16-21)17-9-11-20(12-10-17)23-26-22(27-24(25)28-23)19-7-5-4-6-8-19/h4-16H,1-3H3. The van der Waals surface area contributed by atoms with Crippen molar-refractivity contribution < 1.29 is 0 Å². The maximum atomic E-state index is 6.17. The monoisotopic (exact) mass is 415 g/mol. The van der Waals surface area contributed by atoms with E-state index in [0.717, 1.165) is 11.1 Å². The lowest BCUT2D eigenvalue weighted by molar-refractivity contribution is 1.07. The molecule has 0 aliphatic heterocycles. The van der Waals surface area contributed by atoms with Crippen LogP contribution >= 0.6 is 11.6 Å². The van der Waals surface area contributed by atoms with Gasteiger partial charge in [-0.1, -0.05) is 104 Å². The van der Waals surface area contributed by atoms with Crippen LogP contribution in [0.15, 0.2) is 78.9 Å². The molecule has 0 unspecified atom stereocenters. The third-order valence-corrected chi connectivity index (χ3v) is 7.10. The van der Waals surface area contributed by atoms with Crippen LogP contribution in [0.2, 0.25) is 24.9 Å². The molecule has 0 aliphatic carbocycles. The van der Waals surface area contributed by atoms with Gasteiger partial charge in [0.25, 0.3) is 0 Å². The molecule has 1 aromatic heterocycles. The minimum atomic E-state index is -1.28. The predicted molar refractivity (Wildman–Crippen MR) is 124 cm³/mol. The van der Waals surface area contributed by atoms with Gasteiger partial charge in [-0.25, -0.2) is 4.98 Å². The lowest BCUT2D eigenvalue weighted by Gasteiger charge is -2.16. The number of hydrogen-bond acceptors (Lipinski definition) is 3. The fourth-order valence-corrected chi connectivity index (χ4v) is 4.50. The van der Waals surface area contributed by atoms with E-state index in [9.17, 15) is 0 Å². The van der Waals surface area contributed by atoms with Crippen molar-refractivity contribution in [3.63, 3.8) is 0 Å². The largest absolute Gasteiger partial charge is 0.226 e. The van der Waals surface area contributed by atoms with Crippen LogP contribution in [0.25, 0.3) is 33.9 Å². The molecule has 1 heterocycles. The zero-order chi connectivity index (χ0) is 20.4. The van der Waals surface area contributed by atoms with Gasteiger partial charge in [0.2, 0.25) is 5.28 Å². The topological polar surface area (TPSA) is 38.7 Å². The number of aromatic nitrogens is 3. The minimum Gasteiger partial charge on any atom is -0.208 e. The molecule has 0 fully saturated rings. The van der Waals surface area contributed by atoms with Gasteiger partial charge in [-0.2, -0.15) is 9.97 Å². The summed E-state index contributed by atoms with van der Waals surface area (Å²) in [6.45, 7) is 7.08. The lowest BCUT2D eigenvalue weighted by Crippen LogP contribution is -2.37. The summed E-state index contributed by atoms with van der Waals surface area (Å²) in [5.74, 6) is 1.15. The van der Waals surface area contributed by atoms with Crippen molar-refractivity contribution in [3.8, 4) is 33.9 Å². The maximum Gasteiger partial charge on any atom is 0.226 e. The normalized spacial score (nSPS) is 11.4. The number of rotatable bonds is 4. The molecule has 0 spiro atoms. The molecule has 29 heavy (non-hydrogen) atoms. The Kier molecular flexibility index (Phi) is 5.31. The van der Waals surface area contributed by atoms with E-state index in [-0.39, 0.29) is 5.28 Å². The van der Waals surface area contributed by atoms with E-state index in [1.165, 1.54) is 16.3 Å². The van der Waals surface area contributed by atoms with Gasteiger partial charge in [-0.15, -0.1) is 0 Å². The SMILES string of the molecule is C[Si](C)(C)c1ccc(-c2ccc(-c3nc(Cl)nc(-c4ccccc4)n3)cc2)cc1. The molecule has 5 heteroatoms. The Morgan fingerprint density at radius 1 is 0.552 bits per heavy atom. The lowest BCUT2D eigenvalue weighted by atomic mass is 10.0. The number of benzene rings is 3. The van der Waals surface area contributed by atoms with Gasteiger partial charge in [0.15, 0.2) is 11.6 Å². The van der Waals surface area contributed by atoms with Gasteiger partial charge < -0.3 is 0 Å². The van der Waals surface area contributed by atoms with E-state index >= 15 is 0 Å². The molecule has 4 aromatic rings. The highest BCUT2D eigenvalue weighted by atomic mass is 35.5. The summed E-state index contributed by atoms with van der Waals surface area (Å²) < 4.78 is 0. The first-order valence-electron chi connectivity index (χ1n) is 9.58. The van der Waals surface area contributed by atoms with Crippen LogP contribution in [0, 0.1) is 0 Å². The van der Waals surface area contributed by atoms with Crippen molar-refractivity contribution in [1.82, 2.24) is 15.0 Å². The van der Waals surface area contributed by atoms with Crippen molar-refractivity contribution in [3.05, 3.63) is 84.1 Å². The van der Waals surface area contributed by atoms with Gasteiger partial charge in [-0.3, -0.25) is 0 Å². The third-order valence-electron chi connectivity index (χ3n) is 4.87. The molecule has 0 saturated heterocycles. The Bertz CT molecular complexity index is 1120. The summed E-state index contributed by atoms with van der Waals surface area (Å²) in [7, 11) is -1.28. The molecule has 3 aromatic carbocycles. The van der Waals surface area contributed by atoms with Gasteiger partial charge in [-0.05, 0) is 22.7 Å². The quantitative estimate of drug-likeness (QED) is 0.379. The fraction of sp³-hybridized carbons (Fsp3) is 0.125. The molecule has 0 bridgehead atoms. The Morgan fingerprint density at radius 3 is 1.52 bits per heavy atom. The van der Waals surface area contributed by atoms with Gasteiger partial charge in [0.1, 0.15) is 0 Å². The molecule has 3 nitrogen and oxygen atoms in total. The van der Waals surface area contributed by atoms with Crippen LogP contribution in [0.4, 0.5) is 0 Å². The van der Waals surface area contributed by atoms with Crippen LogP contribution in [0.1, 0.15) is 0 Å². The highest BCUT2D eigenvalue weighted by Gasteiger charge is 2.16. The molecule has 0 radical (unpaired) electrons. The summed E-state index contributed by atoms with van der Waals surface area (Å²) in [6, 6.07) is 27.0. The van der Waals surface area contributed by atoms with E-state index in [4.69, 9.17) is 11.6 Å². The van der Waals surface area contributed by atoms with Crippen molar-refractivity contribution in [2.45, 2.75) is 19.6 Å². The van der Waals surface area contributed by atoms with Crippen LogP contribution in [-0.2, 0) is 0 Å². The Morgan fingerprint density at radius 2 is 1.00 bits per heavy atom. The summed E-state index contributed by atoms with van der Waals surface area (Å²) in [5, 5.41) is 1.66. The average Bonchev–Trinajstić information content (AvgIpc) is 2.73.